The Morgan fingerprint density at radius 1 is 1.33 bits per heavy atom. The van der Waals surface area contributed by atoms with Gasteiger partial charge >= 0.3 is 0 Å². The fourth-order valence-corrected chi connectivity index (χ4v) is 2.50. The summed E-state index contributed by atoms with van der Waals surface area (Å²) >= 11 is 0. The van der Waals surface area contributed by atoms with Gasteiger partial charge in [0.2, 0.25) is 5.91 Å². The highest BCUT2D eigenvalue weighted by Gasteiger charge is 2.20. The fraction of sp³-hybridized carbons (Fsp3) is 0.562. The Morgan fingerprint density at radius 3 is 2.81 bits per heavy atom. The molecule has 116 valence electrons. The number of nitrogens with one attached hydrogen (secondary N) is 1. The molecule has 0 aliphatic heterocycles. The van der Waals surface area contributed by atoms with E-state index in [1.807, 2.05) is 0 Å². The second-order valence-corrected chi connectivity index (χ2v) is 5.48. The molecule has 5 heteroatoms. The van der Waals surface area contributed by atoms with Crippen LogP contribution in [0.1, 0.15) is 38.5 Å². The summed E-state index contributed by atoms with van der Waals surface area (Å²) in [6.45, 7) is 0.389. The predicted molar refractivity (Wildman–Crippen MR) is 77.5 cm³/mol. The number of benzene rings is 1. The van der Waals surface area contributed by atoms with E-state index in [1.54, 1.807) is 12.1 Å². The van der Waals surface area contributed by atoms with Crippen LogP contribution in [0, 0.1) is 5.82 Å². The van der Waals surface area contributed by atoms with Gasteiger partial charge in [0.15, 0.2) is 0 Å². The molecule has 0 saturated heterocycles. The molecule has 0 spiro atoms. The van der Waals surface area contributed by atoms with Gasteiger partial charge in [-0.3, -0.25) is 4.79 Å². The molecule has 1 amide bonds. The second-order valence-electron chi connectivity index (χ2n) is 5.48. The Bertz CT molecular complexity index is 459. The monoisotopic (exact) mass is 295 g/mol. The first-order valence-electron chi connectivity index (χ1n) is 7.49. The number of halogens is 1. The highest BCUT2D eigenvalue weighted by molar-refractivity contribution is 5.76. The van der Waals surface area contributed by atoms with Gasteiger partial charge in [-0.05, 0) is 44.2 Å². The minimum absolute atomic E-state index is 0.0132. The molecule has 2 N–H and O–H groups in total. The van der Waals surface area contributed by atoms with Gasteiger partial charge < -0.3 is 15.2 Å². The molecule has 4 nitrogen and oxygen atoms in total. The number of rotatable bonds is 6. The number of amides is 1. The topological polar surface area (TPSA) is 58.6 Å². The minimum atomic E-state index is -0.329. The molecule has 0 unspecified atom stereocenters. The first-order valence-corrected chi connectivity index (χ1v) is 7.49. The van der Waals surface area contributed by atoms with E-state index in [0.717, 1.165) is 25.7 Å². The molecule has 1 aromatic carbocycles. The third kappa shape index (κ3) is 5.71. The van der Waals surface area contributed by atoms with Crippen molar-refractivity contribution in [2.75, 3.05) is 6.61 Å². The number of carbonyl (C=O) groups is 1. The van der Waals surface area contributed by atoms with Gasteiger partial charge in [-0.1, -0.05) is 6.07 Å². The van der Waals surface area contributed by atoms with Crippen LogP contribution >= 0.6 is 0 Å². The van der Waals surface area contributed by atoms with Crippen molar-refractivity contribution in [3.63, 3.8) is 0 Å². The molecule has 1 aromatic rings. The van der Waals surface area contributed by atoms with Crippen LogP contribution in [0.3, 0.4) is 0 Å². The maximum absolute atomic E-state index is 12.9. The SMILES string of the molecule is O=C(CCCOc1cccc(F)c1)NC1CCC(O)CC1. The lowest BCUT2D eigenvalue weighted by molar-refractivity contribution is -0.122. The first kappa shape index (κ1) is 15.8. The van der Waals surface area contributed by atoms with Crippen molar-refractivity contribution in [3.05, 3.63) is 30.1 Å². The van der Waals surface area contributed by atoms with Gasteiger partial charge in [0.25, 0.3) is 0 Å². The van der Waals surface area contributed by atoms with Gasteiger partial charge in [0.05, 0.1) is 12.7 Å². The zero-order chi connectivity index (χ0) is 15.1. The highest BCUT2D eigenvalue weighted by atomic mass is 19.1. The zero-order valence-electron chi connectivity index (χ0n) is 12.1. The molecular weight excluding hydrogens is 273 g/mol. The van der Waals surface area contributed by atoms with Gasteiger partial charge in [-0.25, -0.2) is 4.39 Å². The average molecular weight is 295 g/mol. The number of ether oxygens (including phenoxy) is 1. The van der Waals surface area contributed by atoms with Gasteiger partial charge in [0.1, 0.15) is 11.6 Å². The average Bonchev–Trinajstić information content (AvgIpc) is 2.46. The van der Waals surface area contributed by atoms with E-state index < -0.39 is 0 Å². The Morgan fingerprint density at radius 2 is 2.10 bits per heavy atom. The molecule has 1 saturated carbocycles. The Hall–Kier alpha value is -1.62. The van der Waals surface area contributed by atoms with Gasteiger partial charge in [-0.15, -0.1) is 0 Å². The van der Waals surface area contributed by atoms with E-state index in [0.29, 0.717) is 25.2 Å². The van der Waals surface area contributed by atoms with Crippen LogP contribution in [-0.4, -0.2) is 29.8 Å². The molecule has 0 aromatic heterocycles. The summed E-state index contributed by atoms with van der Waals surface area (Å²) in [5, 5.41) is 12.4. The van der Waals surface area contributed by atoms with E-state index in [9.17, 15) is 14.3 Å². The molecular formula is C16H22FNO3. The van der Waals surface area contributed by atoms with Crippen molar-refractivity contribution in [1.82, 2.24) is 5.32 Å². The van der Waals surface area contributed by atoms with Crippen molar-refractivity contribution in [2.24, 2.45) is 0 Å². The summed E-state index contributed by atoms with van der Waals surface area (Å²) in [5.41, 5.74) is 0. The Kier molecular flexibility index (Phi) is 5.99. The van der Waals surface area contributed by atoms with E-state index in [1.165, 1.54) is 12.1 Å². The summed E-state index contributed by atoms with van der Waals surface area (Å²) in [7, 11) is 0. The van der Waals surface area contributed by atoms with Crippen molar-refractivity contribution in [3.8, 4) is 5.75 Å². The van der Waals surface area contributed by atoms with Crippen LogP contribution in [0.25, 0.3) is 0 Å². The van der Waals surface area contributed by atoms with Crippen molar-refractivity contribution >= 4 is 5.91 Å². The zero-order valence-corrected chi connectivity index (χ0v) is 12.1. The van der Waals surface area contributed by atoms with E-state index in [2.05, 4.69) is 5.32 Å². The van der Waals surface area contributed by atoms with Crippen LogP contribution in [0.2, 0.25) is 0 Å². The van der Waals surface area contributed by atoms with Gasteiger partial charge in [0, 0.05) is 18.5 Å². The lowest BCUT2D eigenvalue weighted by atomic mass is 9.93. The molecule has 1 fully saturated rings. The summed E-state index contributed by atoms with van der Waals surface area (Å²) in [6, 6.07) is 6.16. The highest BCUT2D eigenvalue weighted by Crippen LogP contribution is 2.18. The second kappa shape index (κ2) is 7.98. The largest absolute Gasteiger partial charge is 0.493 e. The van der Waals surface area contributed by atoms with Crippen LogP contribution < -0.4 is 10.1 Å². The van der Waals surface area contributed by atoms with Crippen LogP contribution in [0.4, 0.5) is 4.39 Å². The predicted octanol–water partition coefficient (Wildman–Crippen LogP) is 2.40. The quantitative estimate of drug-likeness (QED) is 0.792. The minimum Gasteiger partial charge on any atom is -0.493 e. The number of aliphatic hydroxyl groups is 1. The van der Waals surface area contributed by atoms with Gasteiger partial charge in [-0.2, -0.15) is 0 Å². The maximum atomic E-state index is 12.9. The standard InChI is InChI=1S/C16H22FNO3/c17-12-3-1-4-15(11-12)21-10-2-5-16(20)18-13-6-8-14(19)9-7-13/h1,3-4,11,13-14,19H,2,5-10H2,(H,18,20). The Balaban J connectivity index is 1.59. The van der Waals surface area contributed by atoms with Crippen LogP contribution in [0.5, 0.6) is 5.75 Å². The number of carbonyl (C=O) groups excluding carboxylic acids is 1. The third-order valence-corrected chi connectivity index (χ3v) is 3.67. The normalized spacial score (nSPS) is 21.8. The van der Waals surface area contributed by atoms with E-state index >= 15 is 0 Å². The summed E-state index contributed by atoms with van der Waals surface area (Å²) in [6.07, 6.45) is 3.98. The van der Waals surface area contributed by atoms with E-state index in [-0.39, 0.29) is 23.9 Å². The molecule has 1 aliphatic rings. The summed E-state index contributed by atoms with van der Waals surface area (Å²) in [5.74, 6) is 0.167. The number of hydrogen-bond acceptors (Lipinski definition) is 3. The van der Waals surface area contributed by atoms with E-state index in [4.69, 9.17) is 4.74 Å². The fourth-order valence-electron chi connectivity index (χ4n) is 2.50. The molecule has 0 radical (unpaired) electrons. The number of hydrogen-bond donors (Lipinski definition) is 2. The molecule has 1 aliphatic carbocycles. The summed E-state index contributed by atoms with van der Waals surface area (Å²) < 4.78 is 18.3. The lowest BCUT2D eigenvalue weighted by Gasteiger charge is -2.26. The molecule has 0 bridgehead atoms. The molecule has 0 heterocycles. The third-order valence-electron chi connectivity index (χ3n) is 3.67. The first-order chi connectivity index (χ1) is 10.1. The summed E-state index contributed by atoms with van der Waals surface area (Å²) in [4.78, 5) is 11.8. The molecule has 21 heavy (non-hydrogen) atoms. The van der Waals surface area contributed by atoms with Crippen molar-refractivity contribution in [2.45, 2.75) is 50.7 Å². The van der Waals surface area contributed by atoms with Crippen LogP contribution in [-0.2, 0) is 4.79 Å². The van der Waals surface area contributed by atoms with Crippen molar-refractivity contribution in [1.29, 1.82) is 0 Å². The molecule has 2 rings (SSSR count). The Labute approximate surface area is 124 Å². The number of aliphatic hydroxyl groups excluding tert-OH is 1. The lowest BCUT2D eigenvalue weighted by Crippen LogP contribution is -2.38. The van der Waals surface area contributed by atoms with Crippen molar-refractivity contribution < 1.29 is 19.0 Å². The maximum Gasteiger partial charge on any atom is 0.220 e. The molecule has 0 atom stereocenters. The smallest absolute Gasteiger partial charge is 0.220 e. The van der Waals surface area contributed by atoms with Crippen LogP contribution in [0.15, 0.2) is 24.3 Å².